The second kappa shape index (κ2) is 6.41. The number of halogens is 1. The number of nitrogens with one attached hydrogen (secondary N) is 1. The molecule has 0 saturated carbocycles. The van der Waals surface area contributed by atoms with Gasteiger partial charge in [0.05, 0.1) is 7.11 Å². The summed E-state index contributed by atoms with van der Waals surface area (Å²) in [6.07, 6.45) is 0. The fourth-order valence-corrected chi connectivity index (χ4v) is 2.48. The Morgan fingerprint density at radius 3 is 2.57 bits per heavy atom. The monoisotopic (exact) mass is 421 g/mol. The van der Waals surface area contributed by atoms with Gasteiger partial charge in [-0.2, -0.15) is 0 Å². The second-order valence-corrected chi connectivity index (χ2v) is 6.06. The van der Waals surface area contributed by atoms with Crippen LogP contribution >= 0.6 is 22.6 Å². The van der Waals surface area contributed by atoms with Crippen molar-refractivity contribution in [2.24, 2.45) is 0 Å². The van der Waals surface area contributed by atoms with E-state index in [2.05, 4.69) is 27.9 Å². The summed E-state index contributed by atoms with van der Waals surface area (Å²) in [5, 5.41) is 3.31. The van der Waals surface area contributed by atoms with Crippen LogP contribution < -0.4 is 15.7 Å². The molecule has 1 aromatic heterocycles. The van der Waals surface area contributed by atoms with Crippen molar-refractivity contribution in [2.75, 3.05) is 12.4 Å². The van der Waals surface area contributed by atoms with Gasteiger partial charge in [0.2, 0.25) is 0 Å². The van der Waals surface area contributed by atoms with Gasteiger partial charge in [-0.15, -0.1) is 0 Å². The highest BCUT2D eigenvalue weighted by molar-refractivity contribution is 14.1. The second-order valence-electron chi connectivity index (χ2n) is 4.81. The minimum atomic E-state index is -0.675. The molecule has 0 saturated heterocycles. The number of amides is 1. The van der Waals surface area contributed by atoms with Crippen LogP contribution in [0.1, 0.15) is 10.4 Å². The summed E-state index contributed by atoms with van der Waals surface area (Å²) in [7, 11) is 1.55. The maximum atomic E-state index is 12.3. The van der Waals surface area contributed by atoms with Crippen LogP contribution in [0.15, 0.2) is 57.7 Å². The van der Waals surface area contributed by atoms with Crippen LogP contribution in [0.4, 0.5) is 5.69 Å². The van der Waals surface area contributed by atoms with Crippen LogP contribution in [0.25, 0.3) is 11.0 Å². The molecule has 3 aromatic rings. The predicted molar refractivity (Wildman–Crippen MR) is 96.1 cm³/mol. The van der Waals surface area contributed by atoms with Gasteiger partial charge in [0.1, 0.15) is 16.9 Å². The van der Waals surface area contributed by atoms with Gasteiger partial charge in [0.15, 0.2) is 0 Å². The normalized spacial score (nSPS) is 10.5. The first-order chi connectivity index (χ1) is 11.1. The van der Waals surface area contributed by atoms with E-state index in [9.17, 15) is 9.59 Å². The van der Waals surface area contributed by atoms with Gasteiger partial charge in [-0.3, -0.25) is 4.79 Å². The first-order valence-electron chi connectivity index (χ1n) is 6.75. The molecule has 3 rings (SSSR count). The van der Waals surface area contributed by atoms with E-state index in [4.69, 9.17) is 9.15 Å². The molecular formula is C17H12INO4. The quantitative estimate of drug-likeness (QED) is 0.518. The Labute approximate surface area is 145 Å². The van der Waals surface area contributed by atoms with Crippen molar-refractivity contribution in [1.82, 2.24) is 0 Å². The number of methoxy groups -OCH3 is 1. The number of ether oxygens (including phenoxy) is 1. The lowest BCUT2D eigenvalue weighted by Gasteiger charge is -2.06. The topological polar surface area (TPSA) is 68.5 Å². The van der Waals surface area contributed by atoms with E-state index >= 15 is 0 Å². The summed E-state index contributed by atoms with van der Waals surface area (Å²) >= 11 is 2.17. The number of hydrogen-bond acceptors (Lipinski definition) is 4. The number of anilines is 1. The first kappa shape index (κ1) is 15.5. The zero-order valence-corrected chi connectivity index (χ0v) is 14.3. The molecule has 0 radical (unpaired) electrons. The summed E-state index contributed by atoms with van der Waals surface area (Å²) in [6, 6.07) is 13.8. The van der Waals surface area contributed by atoms with Crippen molar-refractivity contribution in [3.8, 4) is 5.75 Å². The number of carbonyl (C=O) groups is 1. The van der Waals surface area contributed by atoms with Crippen LogP contribution in [0.2, 0.25) is 0 Å². The Hall–Kier alpha value is -2.35. The Morgan fingerprint density at radius 2 is 1.87 bits per heavy atom. The van der Waals surface area contributed by atoms with Gasteiger partial charge in [-0.25, -0.2) is 4.79 Å². The zero-order valence-electron chi connectivity index (χ0n) is 12.1. The molecular weight excluding hydrogens is 409 g/mol. The highest BCUT2D eigenvalue weighted by Gasteiger charge is 2.14. The lowest BCUT2D eigenvalue weighted by Crippen LogP contribution is -2.20. The molecule has 0 unspecified atom stereocenters. The molecule has 0 atom stereocenters. The van der Waals surface area contributed by atoms with Gasteiger partial charge in [-0.1, -0.05) is 0 Å². The highest BCUT2D eigenvalue weighted by atomic mass is 127. The molecule has 0 bridgehead atoms. The minimum Gasteiger partial charge on any atom is -0.497 e. The molecule has 0 aliphatic heterocycles. The van der Waals surface area contributed by atoms with E-state index in [0.717, 1.165) is 3.57 Å². The van der Waals surface area contributed by atoms with Gasteiger partial charge >= 0.3 is 5.63 Å². The lowest BCUT2D eigenvalue weighted by atomic mass is 10.1. The molecule has 23 heavy (non-hydrogen) atoms. The van der Waals surface area contributed by atoms with Gasteiger partial charge < -0.3 is 14.5 Å². The van der Waals surface area contributed by atoms with Gasteiger partial charge in [-0.05, 0) is 71.1 Å². The van der Waals surface area contributed by atoms with Crippen LogP contribution in [0.5, 0.6) is 5.75 Å². The molecule has 1 amide bonds. The average molecular weight is 421 g/mol. The zero-order chi connectivity index (χ0) is 16.4. The molecule has 1 N–H and O–H groups in total. The molecule has 5 nitrogen and oxygen atoms in total. The summed E-state index contributed by atoms with van der Waals surface area (Å²) < 4.78 is 11.4. The standard InChI is InChI=1S/C17H12INO4/c1-22-13-6-7-15-10(8-13)9-14(17(21)23-15)16(20)19-12-4-2-11(18)3-5-12/h2-9H,1H3,(H,19,20). The summed E-state index contributed by atoms with van der Waals surface area (Å²) in [5.74, 6) is 0.111. The minimum absolute atomic E-state index is 0.0516. The molecule has 2 aromatic carbocycles. The third kappa shape index (κ3) is 3.37. The van der Waals surface area contributed by atoms with Crippen molar-refractivity contribution in [1.29, 1.82) is 0 Å². The van der Waals surface area contributed by atoms with E-state index in [1.807, 2.05) is 12.1 Å². The smallest absolute Gasteiger partial charge is 0.349 e. The van der Waals surface area contributed by atoms with Crippen LogP contribution in [-0.4, -0.2) is 13.0 Å². The number of fused-ring (bicyclic) bond motifs is 1. The fraction of sp³-hybridized carbons (Fsp3) is 0.0588. The molecule has 116 valence electrons. The van der Waals surface area contributed by atoms with E-state index in [0.29, 0.717) is 22.4 Å². The molecule has 1 heterocycles. The summed E-state index contributed by atoms with van der Waals surface area (Å²) in [6.45, 7) is 0. The molecule has 0 aliphatic carbocycles. The van der Waals surface area contributed by atoms with Gasteiger partial charge in [0.25, 0.3) is 5.91 Å². The van der Waals surface area contributed by atoms with Crippen LogP contribution in [-0.2, 0) is 0 Å². The SMILES string of the molecule is COc1ccc2oc(=O)c(C(=O)Nc3ccc(I)cc3)cc2c1. The Balaban J connectivity index is 1.97. The lowest BCUT2D eigenvalue weighted by molar-refractivity contribution is 0.102. The van der Waals surface area contributed by atoms with E-state index in [-0.39, 0.29) is 5.56 Å². The highest BCUT2D eigenvalue weighted by Crippen LogP contribution is 2.20. The summed E-state index contributed by atoms with van der Waals surface area (Å²) in [4.78, 5) is 24.3. The van der Waals surface area contributed by atoms with Crippen LogP contribution in [0.3, 0.4) is 0 Å². The Morgan fingerprint density at radius 1 is 1.13 bits per heavy atom. The van der Waals surface area contributed by atoms with Crippen LogP contribution in [0, 0.1) is 3.57 Å². The molecule has 6 heteroatoms. The average Bonchev–Trinajstić information content (AvgIpc) is 2.55. The molecule has 0 fully saturated rings. The number of hydrogen-bond donors (Lipinski definition) is 1. The fourth-order valence-electron chi connectivity index (χ4n) is 2.12. The first-order valence-corrected chi connectivity index (χ1v) is 7.83. The van der Waals surface area contributed by atoms with Crippen molar-refractivity contribution >= 4 is 45.2 Å². The Bertz CT molecular complexity index is 931. The Kier molecular flexibility index (Phi) is 4.33. The molecule has 0 spiro atoms. The van der Waals surface area contributed by atoms with Crippen molar-refractivity contribution in [3.63, 3.8) is 0 Å². The van der Waals surface area contributed by atoms with Crippen molar-refractivity contribution < 1.29 is 13.9 Å². The number of benzene rings is 2. The maximum absolute atomic E-state index is 12.3. The van der Waals surface area contributed by atoms with Crippen molar-refractivity contribution in [2.45, 2.75) is 0 Å². The number of rotatable bonds is 3. The third-order valence-electron chi connectivity index (χ3n) is 3.29. The molecule has 0 aliphatic rings. The van der Waals surface area contributed by atoms with Gasteiger partial charge in [0, 0.05) is 14.6 Å². The van der Waals surface area contributed by atoms with E-state index < -0.39 is 11.5 Å². The largest absolute Gasteiger partial charge is 0.497 e. The third-order valence-corrected chi connectivity index (χ3v) is 4.01. The van der Waals surface area contributed by atoms with E-state index in [1.165, 1.54) is 6.07 Å². The maximum Gasteiger partial charge on any atom is 0.349 e. The van der Waals surface area contributed by atoms with Crippen molar-refractivity contribution in [3.05, 3.63) is 68.1 Å². The summed E-state index contributed by atoms with van der Waals surface area (Å²) in [5.41, 5.74) is 0.289. The number of carbonyl (C=O) groups excluding carboxylic acids is 1. The predicted octanol–water partition coefficient (Wildman–Crippen LogP) is 3.66. The van der Waals surface area contributed by atoms with E-state index in [1.54, 1.807) is 37.4 Å².